The number of pyridine rings is 1. The second-order valence-corrected chi connectivity index (χ2v) is 8.45. The number of nitrogens with one attached hydrogen (secondary N) is 2. The summed E-state index contributed by atoms with van der Waals surface area (Å²) < 4.78 is 0. The molecule has 1 aliphatic rings. The topological polar surface area (TPSA) is 108 Å². The van der Waals surface area contributed by atoms with E-state index in [0.717, 1.165) is 16.0 Å². The van der Waals surface area contributed by atoms with E-state index in [4.69, 9.17) is 0 Å². The maximum atomic E-state index is 13.0. The van der Waals surface area contributed by atoms with Gasteiger partial charge >= 0.3 is 5.97 Å². The number of aliphatic carboxylic acids is 1. The summed E-state index contributed by atoms with van der Waals surface area (Å²) in [6, 6.07) is 3.68. The highest BCUT2D eigenvalue weighted by atomic mass is 32.1. The maximum Gasteiger partial charge on any atom is 0.307 e. The Bertz CT molecular complexity index is 968. The van der Waals surface area contributed by atoms with Gasteiger partial charge in [-0.25, -0.2) is 0 Å². The fourth-order valence-corrected chi connectivity index (χ4v) is 4.83. The number of carboxylic acid groups (broad SMARTS) is 1. The Morgan fingerprint density at radius 1 is 1.23 bits per heavy atom. The van der Waals surface area contributed by atoms with Crippen LogP contribution in [0.5, 0.6) is 0 Å². The van der Waals surface area contributed by atoms with Gasteiger partial charge in [-0.3, -0.25) is 19.4 Å². The summed E-state index contributed by atoms with van der Waals surface area (Å²) in [7, 11) is 0. The van der Waals surface area contributed by atoms with Gasteiger partial charge in [0.15, 0.2) is 0 Å². The minimum absolute atomic E-state index is 0.270. The number of carbonyl (C=O) groups excluding carboxylic acids is 2. The number of carboxylic acids is 1. The zero-order chi connectivity index (χ0) is 21.7. The molecular weight excluding hydrogens is 402 g/mol. The van der Waals surface area contributed by atoms with E-state index in [1.54, 1.807) is 24.5 Å². The summed E-state index contributed by atoms with van der Waals surface area (Å²) in [4.78, 5) is 42.4. The second-order valence-electron chi connectivity index (χ2n) is 7.22. The predicted molar refractivity (Wildman–Crippen MR) is 115 cm³/mol. The largest absolute Gasteiger partial charge is 0.481 e. The summed E-state index contributed by atoms with van der Waals surface area (Å²) >= 11 is 1.35. The van der Waals surface area contributed by atoms with Crippen molar-refractivity contribution >= 4 is 34.1 Å². The number of rotatable bonds is 7. The molecule has 0 bridgehead atoms. The zero-order valence-corrected chi connectivity index (χ0v) is 17.8. The number of hydrogen-bond donors (Lipinski definition) is 3. The molecule has 0 spiro atoms. The number of anilines is 1. The van der Waals surface area contributed by atoms with Gasteiger partial charge in [-0.05, 0) is 43.4 Å². The van der Waals surface area contributed by atoms with Gasteiger partial charge in [0.2, 0.25) is 5.91 Å². The Hall–Kier alpha value is -3.00. The molecule has 8 heteroatoms. The number of aryl methyl sites for hydroxylation is 1. The summed E-state index contributed by atoms with van der Waals surface area (Å²) in [6.45, 7) is 4.21. The van der Waals surface area contributed by atoms with E-state index in [0.29, 0.717) is 36.4 Å². The van der Waals surface area contributed by atoms with E-state index in [9.17, 15) is 19.5 Å². The first kappa shape index (κ1) is 21.7. The minimum Gasteiger partial charge on any atom is -0.481 e. The molecule has 0 aliphatic heterocycles. The van der Waals surface area contributed by atoms with Gasteiger partial charge in [-0.1, -0.05) is 25.1 Å². The highest BCUT2D eigenvalue weighted by Gasteiger charge is 2.35. The lowest BCUT2D eigenvalue weighted by atomic mass is 9.82. The first-order chi connectivity index (χ1) is 14.4. The molecule has 2 heterocycles. The number of nitrogens with zero attached hydrogens (tertiary/aromatic N) is 1. The number of carbonyl (C=O) groups is 3. The normalized spacial score (nSPS) is 18.1. The fraction of sp³-hybridized carbons (Fsp3) is 0.364. The number of allylic oxidation sites excluding steroid dienone is 2. The molecule has 3 N–H and O–H groups in total. The Morgan fingerprint density at radius 2 is 1.97 bits per heavy atom. The first-order valence-electron chi connectivity index (χ1n) is 9.90. The fourth-order valence-electron chi connectivity index (χ4n) is 3.69. The highest BCUT2D eigenvalue weighted by Crippen LogP contribution is 2.35. The molecule has 1 aliphatic carbocycles. The lowest BCUT2D eigenvalue weighted by Crippen LogP contribution is -2.35. The summed E-state index contributed by atoms with van der Waals surface area (Å²) in [6.07, 6.45) is 8.34. The average Bonchev–Trinajstić information content (AvgIpc) is 3.07. The SMILES string of the molecule is CCc1c(C)sc(NC(=O)[C@@H]2CC=CC[C@H]2C(=O)O)c1C(=O)NCc1cccnc1. The van der Waals surface area contributed by atoms with Gasteiger partial charge in [0, 0.05) is 23.8 Å². The van der Waals surface area contributed by atoms with Crippen molar-refractivity contribution in [2.24, 2.45) is 11.8 Å². The molecule has 30 heavy (non-hydrogen) atoms. The smallest absolute Gasteiger partial charge is 0.307 e. The first-order valence-corrected chi connectivity index (χ1v) is 10.7. The van der Waals surface area contributed by atoms with Crippen LogP contribution >= 0.6 is 11.3 Å². The molecule has 0 saturated carbocycles. The van der Waals surface area contributed by atoms with Crippen LogP contribution in [0, 0.1) is 18.8 Å². The maximum absolute atomic E-state index is 13.0. The molecule has 3 rings (SSSR count). The van der Waals surface area contributed by atoms with Crippen molar-refractivity contribution in [1.82, 2.24) is 10.3 Å². The Balaban J connectivity index is 1.81. The van der Waals surface area contributed by atoms with E-state index in [2.05, 4.69) is 15.6 Å². The molecule has 0 saturated heterocycles. The Kier molecular flexibility index (Phi) is 6.99. The van der Waals surface area contributed by atoms with Gasteiger partial charge in [-0.2, -0.15) is 0 Å². The molecule has 0 fully saturated rings. The average molecular weight is 428 g/mol. The molecule has 158 valence electrons. The van der Waals surface area contributed by atoms with Crippen LogP contribution in [0.3, 0.4) is 0 Å². The summed E-state index contributed by atoms with van der Waals surface area (Å²) in [5.41, 5.74) is 2.22. The van der Waals surface area contributed by atoms with Crippen molar-refractivity contribution in [2.45, 2.75) is 39.7 Å². The van der Waals surface area contributed by atoms with Crippen LogP contribution in [0.15, 0.2) is 36.7 Å². The molecule has 2 aromatic rings. The van der Waals surface area contributed by atoms with Crippen molar-refractivity contribution in [3.05, 3.63) is 58.2 Å². The molecule has 0 aromatic carbocycles. The van der Waals surface area contributed by atoms with Gasteiger partial charge in [0.1, 0.15) is 5.00 Å². The van der Waals surface area contributed by atoms with E-state index >= 15 is 0 Å². The lowest BCUT2D eigenvalue weighted by molar-refractivity contribution is -0.146. The van der Waals surface area contributed by atoms with Gasteiger partial charge < -0.3 is 15.7 Å². The van der Waals surface area contributed by atoms with Crippen LogP contribution in [0.4, 0.5) is 5.00 Å². The van der Waals surface area contributed by atoms with Crippen LogP contribution in [-0.4, -0.2) is 27.9 Å². The third-order valence-corrected chi connectivity index (χ3v) is 6.35. The second kappa shape index (κ2) is 9.67. The Labute approximate surface area is 179 Å². The minimum atomic E-state index is -0.981. The van der Waals surface area contributed by atoms with Gasteiger partial charge in [-0.15, -0.1) is 11.3 Å². The van der Waals surface area contributed by atoms with Crippen molar-refractivity contribution in [3.63, 3.8) is 0 Å². The molecule has 2 amide bonds. The summed E-state index contributed by atoms with van der Waals surface area (Å²) in [5, 5.41) is 15.7. The standard InChI is InChI=1S/C22H25N3O4S/c1-3-15-13(2)30-21(18(15)20(27)24-12-14-7-6-10-23-11-14)25-19(26)16-8-4-5-9-17(16)22(28)29/h4-7,10-11,16-17H,3,8-9,12H2,1-2H3,(H,24,27)(H,25,26)(H,28,29)/t16-,17-/m1/s1. The van der Waals surface area contributed by atoms with Crippen molar-refractivity contribution < 1.29 is 19.5 Å². The number of thiophene rings is 1. The molecule has 2 atom stereocenters. The Morgan fingerprint density at radius 3 is 2.60 bits per heavy atom. The van der Waals surface area contributed by atoms with Crippen LogP contribution < -0.4 is 10.6 Å². The van der Waals surface area contributed by atoms with Crippen molar-refractivity contribution in [1.29, 1.82) is 0 Å². The monoisotopic (exact) mass is 427 g/mol. The zero-order valence-electron chi connectivity index (χ0n) is 17.0. The van der Waals surface area contributed by atoms with Gasteiger partial charge in [0.25, 0.3) is 5.91 Å². The quantitative estimate of drug-likeness (QED) is 0.586. The number of hydrogen-bond acceptors (Lipinski definition) is 5. The molecule has 7 nitrogen and oxygen atoms in total. The highest BCUT2D eigenvalue weighted by molar-refractivity contribution is 7.16. The number of aromatic nitrogens is 1. The lowest BCUT2D eigenvalue weighted by Gasteiger charge is -2.24. The molecular formula is C22H25N3O4S. The van der Waals surface area contributed by atoms with Crippen LogP contribution in [0.2, 0.25) is 0 Å². The molecule has 0 unspecified atom stereocenters. The van der Waals surface area contributed by atoms with Crippen LogP contribution in [-0.2, 0) is 22.6 Å². The van der Waals surface area contributed by atoms with E-state index in [1.807, 2.05) is 26.0 Å². The van der Waals surface area contributed by atoms with Crippen LogP contribution in [0.25, 0.3) is 0 Å². The van der Waals surface area contributed by atoms with E-state index in [1.165, 1.54) is 11.3 Å². The van der Waals surface area contributed by atoms with E-state index in [-0.39, 0.29) is 11.8 Å². The molecule has 0 radical (unpaired) electrons. The van der Waals surface area contributed by atoms with Gasteiger partial charge in [0.05, 0.1) is 17.4 Å². The summed E-state index contributed by atoms with van der Waals surface area (Å²) in [5.74, 6) is -3.04. The van der Waals surface area contributed by atoms with Crippen molar-refractivity contribution in [2.75, 3.05) is 5.32 Å². The van der Waals surface area contributed by atoms with Crippen molar-refractivity contribution in [3.8, 4) is 0 Å². The third-order valence-electron chi connectivity index (χ3n) is 5.29. The number of amides is 2. The van der Waals surface area contributed by atoms with Crippen LogP contribution in [0.1, 0.15) is 46.1 Å². The molecule has 2 aromatic heterocycles. The van der Waals surface area contributed by atoms with E-state index < -0.39 is 17.8 Å². The third kappa shape index (κ3) is 4.76. The predicted octanol–water partition coefficient (Wildman–Crippen LogP) is 3.55.